The number of nitrogens with zero attached hydrogens (tertiary/aromatic N) is 2. The van der Waals surface area contributed by atoms with Crippen LogP contribution in [0.1, 0.15) is 50.8 Å². The Balaban J connectivity index is 1.85. The van der Waals surface area contributed by atoms with E-state index in [0.717, 1.165) is 37.9 Å². The molecule has 2 aliphatic rings. The van der Waals surface area contributed by atoms with Crippen LogP contribution in [0.3, 0.4) is 0 Å². The molecule has 2 saturated heterocycles. The minimum Gasteiger partial charge on any atom is -0.468 e. The van der Waals surface area contributed by atoms with E-state index in [-0.39, 0.29) is 6.04 Å². The van der Waals surface area contributed by atoms with Crippen molar-refractivity contribution in [3.8, 4) is 0 Å². The number of furan rings is 1. The molecule has 2 atom stereocenters. The van der Waals surface area contributed by atoms with Crippen LogP contribution in [0, 0.1) is 5.92 Å². The molecule has 0 spiro atoms. The fraction of sp³-hybridized carbons (Fsp3) is 0.733. The van der Waals surface area contributed by atoms with Crippen LogP contribution in [0.4, 0.5) is 0 Å². The summed E-state index contributed by atoms with van der Waals surface area (Å²) in [6.45, 7) is 4.01. The van der Waals surface area contributed by atoms with Crippen LogP contribution in [0.2, 0.25) is 0 Å². The Bertz CT molecular complexity index is 555. The molecule has 118 valence electrons. The molecule has 0 aliphatic carbocycles. The van der Waals surface area contributed by atoms with Crippen molar-refractivity contribution in [2.45, 2.75) is 45.1 Å². The largest absolute Gasteiger partial charge is 0.468 e. The van der Waals surface area contributed by atoms with Gasteiger partial charge in [0, 0.05) is 19.6 Å². The summed E-state index contributed by atoms with van der Waals surface area (Å²) in [6.07, 6.45) is 6.52. The molecular weight excluding hydrogens is 288 g/mol. The van der Waals surface area contributed by atoms with E-state index in [2.05, 4.69) is 6.92 Å². The van der Waals surface area contributed by atoms with Gasteiger partial charge in [-0.15, -0.1) is 0 Å². The first-order valence-corrected chi connectivity index (χ1v) is 9.29. The quantitative estimate of drug-likeness (QED) is 0.862. The van der Waals surface area contributed by atoms with Gasteiger partial charge in [-0.3, -0.25) is 0 Å². The van der Waals surface area contributed by atoms with E-state index in [1.54, 1.807) is 14.9 Å². The third kappa shape index (κ3) is 3.03. The van der Waals surface area contributed by atoms with Gasteiger partial charge in [0.1, 0.15) is 5.76 Å². The number of hydrogen-bond acceptors (Lipinski definition) is 3. The van der Waals surface area contributed by atoms with Crippen molar-refractivity contribution in [2.24, 2.45) is 5.92 Å². The third-order valence-corrected chi connectivity index (χ3v) is 6.58. The van der Waals surface area contributed by atoms with E-state index in [1.165, 1.54) is 0 Å². The Kier molecular flexibility index (Phi) is 4.38. The summed E-state index contributed by atoms with van der Waals surface area (Å²) in [5.74, 6) is 1.21. The Morgan fingerprint density at radius 2 is 2.05 bits per heavy atom. The molecule has 3 heterocycles. The lowest BCUT2D eigenvalue weighted by molar-refractivity contribution is 0.194. The molecule has 2 fully saturated rings. The molecule has 1 aromatic heterocycles. The first-order valence-electron chi connectivity index (χ1n) is 7.89. The zero-order valence-electron chi connectivity index (χ0n) is 12.6. The number of hydrogen-bond donors (Lipinski definition) is 0. The summed E-state index contributed by atoms with van der Waals surface area (Å²) in [4.78, 5) is 0. The molecule has 0 saturated carbocycles. The van der Waals surface area contributed by atoms with E-state index in [0.29, 0.717) is 25.6 Å². The molecule has 0 radical (unpaired) electrons. The number of rotatable bonds is 3. The lowest BCUT2D eigenvalue weighted by Crippen LogP contribution is -2.50. The van der Waals surface area contributed by atoms with Gasteiger partial charge in [-0.25, -0.2) is 0 Å². The maximum absolute atomic E-state index is 13.0. The van der Waals surface area contributed by atoms with Gasteiger partial charge in [0.2, 0.25) is 0 Å². The SMILES string of the molecule is C[C@@H]1CCCN(S(=O)(=O)N2CCCC[C@@H]2c2ccco2)C1. The minimum atomic E-state index is -3.39. The highest BCUT2D eigenvalue weighted by atomic mass is 32.2. The van der Waals surface area contributed by atoms with Crippen molar-refractivity contribution in [2.75, 3.05) is 19.6 Å². The summed E-state index contributed by atoms with van der Waals surface area (Å²) >= 11 is 0. The zero-order valence-corrected chi connectivity index (χ0v) is 13.4. The van der Waals surface area contributed by atoms with Crippen LogP contribution in [0.15, 0.2) is 22.8 Å². The molecule has 6 heteroatoms. The minimum absolute atomic E-state index is 0.143. The van der Waals surface area contributed by atoms with E-state index in [9.17, 15) is 8.42 Å². The second kappa shape index (κ2) is 6.10. The summed E-state index contributed by atoms with van der Waals surface area (Å²) in [6, 6.07) is 3.57. The van der Waals surface area contributed by atoms with Gasteiger partial charge < -0.3 is 4.42 Å². The monoisotopic (exact) mass is 312 g/mol. The van der Waals surface area contributed by atoms with E-state index < -0.39 is 10.2 Å². The first-order chi connectivity index (χ1) is 10.1. The molecule has 0 bridgehead atoms. The van der Waals surface area contributed by atoms with Crippen LogP contribution in [-0.2, 0) is 10.2 Å². The predicted octanol–water partition coefficient (Wildman–Crippen LogP) is 2.78. The smallest absolute Gasteiger partial charge is 0.282 e. The topological polar surface area (TPSA) is 53.8 Å². The highest BCUT2D eigenvalue weighted by Gasteiger charge is 2.39. The van der Waals surface area contributed by atoms with Gasteiger partial charge in [-0.1, -0.05) is 13.3 Å². The van der Waals surface area contributed by atoms with Gasteiger partial charge in [-0.2, -0.15) is 17.0 Å². The fourth-order valence-corrected chi connectivity index (χ4v) is 5.44. The number of piperidine rings is 2. The van der Waals surface area contributed by atoms with Crippen LogP contribution in [0.5, 0.6) is 0 Å². The summed E-state index contributed by atoms with van der Waals surface area (Å²) in [5.41, 5.74) is 0. The second-order valence-corrected chi connectivity index (χ2v) is 8.13. The van der Waals surface area contributed by atoms with E-state index in [1.807, 2.05) is 12.1 Å². The fourth-order valence-electron chi connectivity index (χ4n) is 3.45. The summed E-state index contributed by atoms with van der Waals surface area (Å²) < 4.78 is 34.8. The third-order valence-electron chi connectivity index (χ3n) is 4.57. The Labute approximate surface area is 127 Å². The van der Waals surface area contributed by atoms with Crippen molar-refractivity contribution in [3.63, 3.8) is 0 Å². The molecule has 21 heavy (non-hydrogen) atoms. The first kappa shape index (κ1) is 15.1. The maximum Gasteiger partial charge on any atom is 0.282 e. The van der Waals surface area contributed by atoms with Gasteiger partial charge in [0.05, 0.1) is 12.3 Å². The molecule has 0 amide bonds. The Hall–Kier alpha value is -0.850. The normalized spacial score (nSPS) is 29.6. The molecule has 0 aromatic carbocycles. The van der Waals surface area contributed by atoms with E-state index in [4.69, 9.17) is 4.42 Å². The van der Waals surface area contributed by atoms with Crippen LogP contribution in [0.25, 0.3) is 0 Å². The van der Waals surface area contributed by atoms with Crippen molar-refractivity contribution in [1.82, 2.24) is 8.61 Å². The van der Waals surface area contributed by atoms with Crippen LogP contribution in [-0.4, -0.2) is 36.7 Å². The van der Waals surface area contributed by atoms with Crippen molar-refractivity contribution in [3.05, 3.63) is 24.2 Å². The van der Waals surface area contributed by atoms with Gasteiger partial charge >= 0.3 is 0 Å². The molecular formula is C15H24N2O3S. The molecule has 0 unspecified atom stereocenters. The van der Waals surface area contributed by atoms with Crippen molar-refractivity contribution < 1.29 is 12.8 Å². The summed E-state index contributed by atoms with van der Waals surface area (Å²) in [7, 11) is -3.39. The molecule has 0 N–H and O–H groups in total. The van der Waals surface area contributed by atoms with Gasteiger partial charge in [0.25, 0.3) is 10.2 Å². The average molecular weight is 312 g/mol. The molecule has 2 aliphatic heterocycles. The highest BCUT2D eigenvalue weighted by Crippen LogP contribution is 2.35. The maximum atomic E-state index is 13.0. The Morgan fingerprint density at radius 1 is 1.19 bits per heavy atom. The van der Waals surface area contributed by atoms with Crippen LogP contribution < -0.4 is 0 Å². The molecule has 5 nitrogen and oxygen atoms in total. The average Bonchev–Trinajstić information content (AvgIpc) is 3.01. The lowest BCUT2D eigenvalue weighted by atomic mass is 10.0. The molecule has 1 aromatic rings. The Morgan fingerprint density at radius 3 is 2.76 bits per heavy atom. The second-order valence-electron chi connectivity index (χ2n) is 6.25. The van der Waals surface area contributed by atoms with Gasteiger partial charge in [-0.05, 0) is 43.7 Å². The highest BCUT2D eigenvalue weighted by molar-refractivity contribution is 7.86. The van der Waals surface area contributed by atoms with Crippen molar-refractivity contribution >= 4 is 10.2 Å². The standard InChI is InChI=1S/C15H24N2O3S/c1-13-6-4-9-16(12-13)21(18,19)17-10-3-2-7-14(17)15-8-5-11-20-15/h5,8,11,13-14H,2-4,6-7,9-10,12H2,1H3/t13-,14-/m1/s1. The summed E-state index contributed by atoms with van der Waals surface area (Å²) in [5, 5.41) is 0. The van der Waals surface area contributed by atoms with Crippen LogP contribution >= 0.6 is 0 Å². The zero-order chi connectivity index (χ0) is 14.9. The molecule has 3 rings (SSSR count). The van der Waals surface area contributed by atoms with E-state index >= 15 is 0 Å². The lowest BCUT2D eigenvalue weighted by Gasteiger charge is -2.39. The van der Waals surface area contributed by atoms with Gasteiger partial charge in [0.15, 0.2) is 0 Å². The predicted molar refractivity (Wildman–Crippen MR) is 80.9 cm³/mol. The van der Waals surface area contributed by atoms with Crippen molar-refractivity contribution in [1.29, 1.82) is 0 Å².